The summed E-state index contributed by atoms with van der Waals surface area (Å²) < 4.78 is 0. The summed E-state index contributed by atoms with van der Waals surface area (Å²) in [6.07, 6.45) is 6.00. The summed E-state index contributed by atoms with van der Waals surface area (Å²) in [7, 11) is 0. The van der Waals surface area contributed by atoms with Gasteiger partial charge in [0.1, 0.15) is 0 Å². The summed E-state index contributed by atoms with van der Waals surface area (Å²) >= 11 is 0. The van der Waals surface area contributed by atoms with Crippen LogP contribution in [-0.2, 0) is 0 Å². The Morgan fingerprint density at radius 1 is 1.17 bits per heavy atom. The standard InChI is InChI=1S/C11H22O/c1-9(2)8-10(3)6-5-7-11(4)12/h5,7,9-12H,6,8H2,1-4H3. The van der Waals surface area contributed by atoms with Gasteiger partial charge < -0.3 is 5.11 Å². The van der Waals surface area contributed by atoms with E-state index in [1.165, 1.54) is 6.42 Å². The lowest BCUT2D eigenvalue weighted by Crippen LogP contribution is -1.99. The maximum absolute atomic E-state index is 8.96. The van der Waals surface area contributed by atoms with Crippen molar-refractivity contribution in [3.8, 4) is 0 Å². The minimum absolute atomic E-state index is 0.295. The summed E-state index contributed by atoms with van der Waals surface area (Å²) in [6.45, 7) is 8.53. The summed E-state index contributed by atoms with van der Waals surface area (Å²) in [4.78, 5) is 0. The summed E-state index contributed by atoms with van der Waals surface area (Å²) in [5.41, 5.74) is 0. The molecular weight excluding hydrogens is 148 g/mol. The molecule has 0 radical (unpaired) electrons. The van der Waals surface area contributed by atoms with Crippen molar-refractivity contribution in [3.05, 3.63) is 12.2 Å². The van der Waals surface area contributed by atoms with E-state index in [4.69, 9.17) is 5.11 Å². The molecule has 1 heteroatoms. The lowest BCUT2D eigenvalue weighted by molar-refractivity contribution is 0.243. The Hall–Kier alpha value is -0.300. The van der Waals surface area contributed by atoms with E-state index in [-0.39, 0.29) is 6.10 Å². The van der Waals surface area contributed by atoms with Gasteiger partial charge in [-0.2, -0.15) is 0 Å². The maximum atomic E-state index is 8.96. The van der Waals surface area contributed by atoms with E-state index in [0.29, 0.717) is 0 Å². The highest BCUT2D eigenvalue weighted by Crippen LogP contribution is 2.14. The van der Waals surface area contributed by atoms with Crippen LogP contribution in [0.15, 0.2) is 12.2 Å². The molecule has 0 aromatic rings. The molecule has 0 saturated heterocycles. The normalized spacial score (nSPS) is 17.2. The zero-order chi connectivity index (χ0) is 9.56. The van der Waals surface area contributed by atoms with Crippen LogP contribution in [0, 0.1) is 11.8 Å². The molecule has 2 unspecified atom stereocenters. The fraction of sp³-hybridized carbons (Fsp3) is 0.818. The van der Waals surface area contributed by atoms with E-state index < -0.39 is 0 Å². The van der Waals surface area contributed by atoms with Crippen LogP contribution in [0.1, 0.15) is 40.5 Å². The van der Waals surface area contributed by atoms with Gasteiger partial charge in [-0.1, -0.05) is 32.9 Å². The molecule has 0 amide bonds. The number of allylic oxidation sites excluding steroid dienone is 1. The smallest absolute Gasteiger partial charge is 0.0692 e. The van der Waals surface area contributed by atoms with Gasteiger partial charge in [-0.3, -0.25) is 0 Å². The number of aliphatic hydroxyl groups is 1. The Morgan fingerprint density at radius 3 is 2.17 bits per heavy atom. The van der Waals surface area contributed by atoms with Crippen molar-refractivity contribution in [2.75, 3.05) is 0 Å². The van der Waals surface area contributed by atoms with Crippen molar-refractivity contribution in [2.45, 2.75) is 46.6 Å². The molecular formula is C11H22O. The quantitative estimate of drug-likeness (QED) is 0.629. The molecule has 0 saturated carbocycles. The lowest BCUT2D eigenvalue weighted by atomic mass is 9.96. The van der Waals surface area contributed by atoms with Gasteiger partial charge in [0.2, 0.25) is 0 Å². The first kappa shape index (κ1) is 11.7. The summed E-state index contributed by atoms with van der Waals surface area (Å²) in [5.74, 6) is 1.51. The highest BCUT2D eigenvalue weighted by Gasteiger charge is 2.02. The lowest BCUT2D eigenvalue weighted by Gasteiger charge is -2.10. The van der Waals surface area contributed by atoms with Crippen molar-refractivity contribution >= 4 is 0 Å². The predicted molar refractivity (Wildman–Crippen MR) is 54.1 cm³/mol. The monoisotopic (exact) mass is 170 g/mol. The van der Waals surface area contributed by atoms with E-state index in [1.54, 1.807) is 6.92 Å². The first-order valence-electron chi connectivity index (χ1n) is 4.87. The van der Waals surface area contributed by atoms with Gasteiger partial charge in [-0.05, 0) is 31.6 Å². The highest BCUT2D eigenvalue weighted by molar-refractivity contribution is 4.87. The zero-order valence-corrected chi connectivity index (χ0v) is 8.75. The third-order valence-electron chi connectivity index (χ3n) is 1.83. The van der Waals surface area contributed by atoms with Crippen LogP contribution in [0.4, 0.5) is 0 Å². The van der Waals surface area contributed by atoms with Crippen LogP contribution in [0.2, 0.25) is 0 Å². The third kappa shape index (κ3) is 7.80. The van der Waals surface area contributed by atoms with E-state index in [0.717, 1.165) is 18.3 Å². The molecule has 0 aliphatic heterocycles. The van der Waals surface area contributed by atoms with Crippen molar-refractivity contribution in [2.24, 2.45) is 11.8 Å². The Bertz CT molecular complexity index is 125. The van der Waals surface area contributed by atoms with E-state index in [9.17, 15) is 0 Å². The Morgan fingerprint density at radius 2 is 1.75 bits per heavy atom. The Labute approximate surface area is 76.5 Å². The van der Waals surface area contributed by atoms with Crippen LogP contribution in [-0.4, -0.2) is 11.2 Å². The third-order valence-corrected chi connectivity index (χ3v) is 1.83. The number of hydrogen-bond donors (Lipinski definition) is 1. The molecule has 0 aromatic carbocycles. The Kier molecular flexibility index (Phi) is 6.09. The van der Waals surface area contributed by atoms with Gasteiger partial charge in [0.25, 0.3) is 0 Å². The van der Waals surface area contributed by atoms with Crippen molar-refractivity contribution in [3.63, 3.8) is 0 Å². The second-order valence-electron chi connectivity index (χ2n) is 4.14. The molecule has 0 aliphatic rings. The van der Waals surface area contributed by atoms with Crippen LogP contribution in [0.25, 0.3) is 0 Å². The first-order chi connectivity index (χ1) is 5.52. The minimum Gasteiger partial charge on any atom is -0.389 e. The van der Waals surface area contributed by atoms with E-state index >= 15 is 0 Å². The summed E-state index contributed by atoms with van der Waals surface area (Å²) in [6, 6.07) is 0. The SMILES string of the molecule is CC(O)C=CCC(C)CC(C)C. The second kappa shape index (κ2) is 6.24. The van der Waals surface area contributed by atoms with Crippen molar-refractivity contribution in [1.29, 1.82) is 0 Å². The molecule has 0 fully saturated rings. The minimum atomic E-state index is -0.295. The zero-order valence-electron chi connectivity index (χ0n) is 8.75. The van der Waals surface area contributed by atoms with Gasteiger partial charge in [0, 0.05) is 0 Å². The number of rotatable bonds is 5. The van der Waals surface area contributed by atoms with Crippen LogP contribution in [0.5, 0.6) is 0 Å². The molecule has 1 N–H and O–H groups in total. The van der Waals surface area contributed by atoms with Crippen LogP contribution in [0.3, 0.4) is 0 Å². The molecule has 12 heavy (non-hydrogen) atoms. The topological polar surface area (TPSA) is 20.2 Å². The molecule has 0 heterocycles. The average Bonchev–Trinajstić information content (AvgIpc) is 1.84. The van der Waals surface area contributed by atoms with Crippen molar-refractivity contribution < 1.29 is 5.11 Å². The second-order valence-corrected chi connectivity index (χ2v) is 4.14. The van der Waals surface area contributed by atoms with Gasteiger partial charge >= 0.3 is 0 Å². The molecule has 0 rings (SSSR count). The van der Waals surface area contributed by atoms with Crippen molar-refractivity contribution in [1.82, 2.24) is 0 Å². The Balaban J connectivity index is 3.49. The fourth-order valence-corrected chi connectivity index (χ4v) is 1.41. The largest absolute Gasteiger partial charge is 0.389 e. The van der Waals surface area contributed by atoms with Gasteiger partial charge in [-0.25, -0.2) is 0 Å². The fourth-order valence-electron chi connectivity index (χ4n) is 1.41. The molecule has 0 spiro atoms. The van der Waals surface area contributed by atoms with Gasteiger partial charge in [0.05, 0.1) is 6.10 Å². The van der Waals surface area contributed by atoms with Gasteiger partial charge in [0.15, 0.2) is 0 Å². The first-order valence-corrected chi connectivity index (χ1v) is 4.87. The predicted octanol–water partition coefficient (Wildman–Crippen LogP) is 3.00. The molecule has 72 valence electrons. The molecule has 0 aromatic heterocycles. The maximum Gasteiger partial charge on any atom is 0.0692 e. The average molecular weight is 170 g/mol. The number of aliphatic hydroxyl groups excluding tert-OH is 1. The molecule has 2 atom stereocenters. The molecule has 0 aliphatic carbocycles. The number of hydrogen-bond acceptors (Lipinski definition) is 1. The van der Waals surface area contributed by atoms with E-state index in [1.807, 2.05) is 6.08 Å². The molecule has 0 bridgehead atoms. The summed E-state index contributed by atoms with van der Waals surface area (Å²) in [5, 5.41) is 8.96. The van der Waals surface area contributed by atoms with Crippen LogP contribution < -0.4 is 0 Å². The van der Waals surface area contributed by atoms with E-state index in [2.05, 4.69) is 26.8 Å². The van der Waals surface area contributed by atoms with Crippen LogP contribution >= 0.6 is 0 Å². The molecule has 1 nitrogen and oxygen atoms in total. The highest BCUT2D eigenvalue weighted by atomic mass is 16.3. The van der Waals surface area contributed by atoms with Gasteiger partial charge in [-0.15, -0.1) is 0 Å².